The molecule has 0 amide bonds. The van der Waals surface area contributed by atoms with Crippen molar-refractivity contribution in [1.82, 2.24) is 39.1 Å². The van der Waals surface area contributed by atoms with Gasteiger partial charge in [0.1, 0.15) is 17.8 Å². The van der Waals surface area contributed by atoms with E-state index in [0.717, 1.165) is 56.3 Å². The molecule has 0 saturated heterocycles. The van der Waals surface area contributed by atoms with Gasteiger partial charge in [0, 0.05) is 108 Å². The summed E-state index contributed by atoms with van der Waals surface area (Å²) in [7, 11) is 0. The molecule has 16 heteroatoms. The number of hydrogen-bond acceptors (Lipinski definition) is 7. The van der Waals surface area contributed by atoms with Gasteiger partial charge in [-0.05, 0) is 71.0 Å². The number of hydrogen-bond donors (Lipinski definition) is 0. The summed E-state index contributed by atoms with van der Waals surface area (Å²) >= 11 is 0. The molecule has 0 spiro atoms. The first kappa shape index (κ1) is 58.2. The first-order valence-electron chi connectivity index (χ1n) is 20.7. The molecule has 0 aliphatic carbocycles. The van der Waals surface area contributed by atoms with Crippen molar-refractivity contribution in [2.45, 2.75) is 20.8 Å². The molecule has 362 valence electrons. The second-order valence-corrected chi connectivity index (χ2v) is 14.5. The molecule has 71 heavy (non-hydrogen) atoms. The van der Waals surface area contributed by atoms with Crippen LogP contribution in [0, 0.1) is 85.6 Å². The van der Waals surface area contributed by atoms with Gasteiger partial charge in [-0.2, -0.15) is 121 Å². The van der Waals surface area contributed by atoms with E-state index in [4.69, 9.17) is 22.4 Å². The predicted molar refractivity (Wildman–Crippen MR) is 255 cm³/mol. The second kappa shape index (κ2) is 29.1. The fraction of sp³-hybridized carbons (Fsp3) is 0.0545. The Hall–Kier alpha value is -7.13. The van der Waals surface area contributed by atoms with E-state index >= 15 is 0 Å². The molecule has 0 aliphatic rings. The molecule has 10 rings (SSSR count). The van der Waals surface area contributed by atoms with Gasteiger partial charge in [0.15, 0.2) is 0 Å². The van der Waals surface area contributed by atoms with Crippen LogP contribution in [0.25, 0.3) is 49.8 Å². The average Bonchev–Trinajstić information content (AvgIpc) is 4.23. The van der Waals surface area contributed by atoms with Crippen LogP contribution in [0.5, 0.6) is 0 Å². The molecule has 0 bridgehead atoms. The molecule has 0 fully saturated rings. The van der Waals surface area contributed by atoms with Crippen LogP contribution >= 0.6 is 0 Å². The molecule has 4 heterocycles. The molecule has 0 N–H and O–H groups in total. The zero-order chi connectivity index (χ0) is 47.0. The molecule has 0 radical (unpaired) electrons. The van der Waals surface area contributed by atoms with Gasteiger partial charge in [0.2, 0.25) is 0 Å². The maximum absolute atomic E-state index is 8.97. The number of para-hydroxylation sites is 2. The van der Waals surface area contributed by atoms with Crippen molar-refractivity contribution in [1.29, 1.82) is 15.8 Å². The van der Waals surface area contributed by atoms with E-state index < -0.39 is 0 Å². The Kier molecular flexibility index (Phi) is 23.9. The topological polar surface area (TPSA) is 147 Å². The molecule has 10 aromatic rings. The Morgan fingerprint density at radius 3 is 1.86 bits per heavy atom. The Labute approximate surface area is 470 Å². The fourth-order valence-electron chi connectivity index (χ4n) is 6.69. The maximum atomic E-state index is 8.97. The van der Waals surface area contributed by atoms with Crippen LogP contribution in [0.4, 0.5) is 5.82 Å². The molecule has 0 aliphatic heterocycles. The van der Waals surface area contributed by atoms with Crippen molar-refractivity contribution in [2.24, 2.45) is 0 Å². The average molecular weight is 1650 g/mol. The molecule has 0 atom stereocenters. The van der Waals surface area contributed by atoms with Crippen molar-refractivity contribution >= 4 is 5.82 Å². The van der Waals surface area contributed by atoms with Crippen molar-refractivity contribution in [3.05, 3.63) is 246 Å². The first-order chi connectivity index (χ1) is 32.8. The van der Waals surface area contributed by atoms with Crippen LogP contribution in [0.15, 0.2) is 176 Å². The maximum Gasteiger partial charge on any atom is 0.295 e. The van der Waals surface area contributed by atoms with E-state index in [9.17, 15) is 0 Å². The summed E-state index contributed by atoms with van der Waals surface area (Å²) in [5.74, 6) is 0.385. The van der Waals surface area contributed by atoms with Gasteiger partial charge in [-0.3, -0.25) is 9.36 Å². The number of nitrogens with zero attached hydrogens (tertiary/aromatic N) is 12. The minimum Gasteiger partial charge on any atom is -0.359 e. The summed E-state index contributed by atoms with van der Waals surface area (Å²) < 4.78 is 6.67. The Morgan fingerprint density at radius 2 is 1.24 bits per heavy atom. The van der Waals surface area contributed by atoms with Gasteiger partial charge in [-0.15, -0.1) is 23.3 Å². The smallest absolute Gasteiger partial charge is 0.295 e. The van der Waals surface area contributed by atoms with E-state index in [2.05, 4.69) is 79.8 Å². The summed E-state index contributed by atoms with van der Waals surface area (Å²) in [4.78, 5) is 3.32. The van der Waals surface area contributed by atoms with E-state index in [-0.39, 0.29) is 84.3 Å². The third-order valence-electron chi connectivity index (χ3n) is 9.79. The third-order valence-corrected chi connectivity index (χ3v) is 9.79. The van der Waals surface area contributed by atoms with Gasteiger partial charge < -0.3 is 4.85 Å². The molecule has 0 saturated carbocycles. The van der Waals surface area contributed by atoms with Crippen molar-refractivity contribution in [2.75, 3.05) is 0 Å². The van der Waals surface area contributed by atoms with Crippen molar-refractivity contribution in [3.63, 3.8) is 0 Å². The van der Waals surface area contributed by atoms with E-state index in [0.29, 0.717) is 28.3 Å². The minimum atomic E-state index is 0. The van der Waals surface area contributed by atoms with Crippen LogP contribution in [0.2, 0.25) is 0 Å². The van der Waals surface area contributed by atoms with Gasteiger partial charge in [-0.1, -0.05) is 79.7 Å². The zero-order valence-electron chi connectivity index (χ0n) is 37.9. The molecule has 12 nitrogen and oxygen atoms in total. The zero-order valence-corrected chi connectivity index (χ0v) is 47.0. The van der Waals surface area contributed by atoms with Crippen LogP contribution in [0.1, 0.15) is 33.8 Å². The largest absolute Gasteiger partial charge is 0.359 e. The number of aryl methyl sites for hydroxylation is 3. The predicted octanol–water partition coefficient (Wildman–Crippen LogP) is 11.1. The Bertz CT molecular complexity index is 3420. The number of aromatic nitrogens is 8. The molecule has 0 unspecified atom stereocenters. The summed E-state index contributed by atoms with van der Waals surface area (Å²) in [6.07, 6.45) is 6.63. The third kappa shape index (κ3) is 15.4. The van der Waals surface area contributed by atoms with Crippen molar-refractivity contribution in [3.8, 4) is 63.2 Å². The standard InChI is InChI=1S/2C16H10N3.C12H10N3.C11H8N3.4Pt/c1-17-16-11-12-19(18-16)15-10-6-5-9-14(15)13-7-3-2-4-8-13;17-10-13-11-18-19(12-13)16-8-4-7-15(9-16)14-5-2-1-3-6-14;1-9-7-10(2)15(14-9)12-6-4-3-5-11(12)8-13;1-9-3-2-4-10(7-9)14-11(8-12)5-6-13-14;;;;/h2-9,11-12H;1-7,9,11-12H;3-5,7H,1-2H3;2-3,5-7H,1H3;;;;/q4*-1;;;;. The summed E-state index contributed by atoms with van der Waals surface area (Å²) in [5.41, 5.74) is 12.3. The van der Waals surface area contributed by atoms with Gasteiger partial charge in [0.25, 0.3) is 5.82 Å². The van der Waals surface area contributed by atoms with E-state index in [1.165, 1.54) is 0 Å². The second-order valence-electron chi connectivity index (χ2n) is 14.5. The van der Waals surface area contributed by atoms with E-state index in [1.807, 2.05) is 130 Å². The monoisotopic (exact) mass is 1650 g/mol. The molecular formula is C55H38N12Pt4-4. The Morgan fingerprint density at radius 1 is 0.563 bits per heavy atom. The van der Waals surface area contributed by atoms with Gasteiger partial charge in [0.05, 0.1) is 23.7 Å². The molecule has 6 aromatic carbocycles. The Balaban J connectivity index is 0.000000248. The van der Waals surface area contributed by atoms with Gasteiger partial charge >= 0.3 is 0 Å². The summed E-state index contributed by atoms with van der Waals surface area (Å²) in [6.45, 7) is 12.9. The minimum absolute atomic E-state index is 0. The van der Waals surface area contributed by atoms with Gasteiger partial charge in [-0.25, -0.2) is 9.94 Å². The van der Waals surface area contributed by atoms with Crippen LogP contribution < -0.4 is 0 Å². The number of rotatable bonds is 6. The van der Waals surface area contributed by atoms with Crippen molar-refractivity contribution < 1.29 is 84.3 Å². The quantitative estimate of drug-likeness (QED) is 0.151. The van der Waals surface area contributed by atoms with Crippen LogP contribution in [-0.2, 0) is 84.3 Å². The van der Waals surface area contributed by atoms with Crippen LogP contribution in [0.3, 0.4) is 0 Å². The fourth-order valence-corrected chi connectivity index (χ4v) is 6.69. The normalized spacial score (nSPS) is 9.39. The summed E-state index contributed by atoms with van der Waals surface area (Å²) in [6, 6.07) is 67.0. The van der Waals surface area contributed by atoms with E-state index in [1.54, 1.807) is 73.8 Å². The first-order valence-corrected chi connectivity index (χ1v) is 20.7. The molecular weight excluding hydrogens is 1610 g/mol. The number of nitriles is 3. The SMILES string of the molecule is Cc1cc(C)n(-c2[c-]cccc2C#N)n1.Cc1cc[c-]c(-n2nccc2C#N)c1.N#Cc1cnn(-c2[c-]ccc(-c3ccccc3)c2)c1.[C-]#[N+]c1ccn(-c2[c-]cccc2-c2ccccc2)n1.[Pt].[Pt].[Pt].[Pt]. The van der Waals surface area contributed by atoms with Crippen LogP contribution in [-0.4, -0.2) is 39.1 Å². The molecule has 4 aromatic heterocycles. The summed E-state index contributed by atoms with van der Waals surface area (Å²) in [5, 5.41) is 43.4. The number of benzene rings is 6.